The maximum Gasteiger partial charge on any atom is 0.251 e. The molecule has 0 aromatic heterocycles. The van der Waals surface area contributed by atoms with Crippen LogP contribution < -0.4 is 5.32 Å². The van der Waals surface area contributed by atoms with Crippen LogP contribution in [0.25, 0.3) is 0 Å². The minimum Gasteiger partial charge on any atom is -0.341 e. The van der Waals surface area contributed by atoms with Gasteiger partial charge in [-0.1, -0.05) is 22.0 Å². The Morgan fingerprint density at radius 1 is 1.24 bits per heavy atom. The minimum atomic E-state index is -0.490. The van der Waals surface area contributed by atoms with Crippen LogP contribution in [0.1, 0.15) is 42.1 Å². The first-order chi connectivity index (χ1) is 9.99. The van der Waals surface area contributed by atoms with E-state index in [0.717, 1.165) is 36.0 Å². The van der Waals surface area contributed by atoms with Gasteiger partial charge in [-0.3, -0.25) is 9.59 Å². The van der Waals surface area contributed by atoms with Gasteiger partial charge in [-0.25, -0.2) is 0 Å². The fraction of sp³-hybridized carbons (Fsp3) is 0.500. The molecule has 1 N–H and O–H groups in total. The van der Waals surface area contributed by atoms with Crippen molar-refractivity contribution in [3.63, 3.8) is 0 Å². The number of rotatable bonds is 3. The topological polar surface area (TPSA) is 49.4 Å². The van der Waals surface area contributed by atoms with Gasteiger partial charge in [0.15, 0.2) is 0 Å². The summed E-state index contributed by atoms with van der Waals surface area (Å²) in [4.78, 5) is 26.3. The average Bonchev–Trinajstić information content (AvgIpc) is 2.50. The Labute approximate surface area is 134 Å². The normalized spacial score (nSPS) is 16.4. The Morgan fingerprint density at radius 2 is 1.90 bits per heavy atom. The van der Waals surface area contributed by atoms with Crippen LogP contribution >= 0.6 is 15.9 Å². The molecule has 1 aliphatic rings. The molecule has 1 saturated heterocycles. The van der Waals surface area contributed by atoms with Crippen molar-refractivity contribution in [3.05, 3.63) is 33.8 Å². The maximum absolute atomic E-state index is 12.3. The molecule has 1 unspecified atom stereocenters. The molecule has 0 bridgehead atoms. The quantitative estimate of drug-likeness (QED) is 0.909. The lowest BCUT2D eigenvalue weighted by atomic mass is 10.1. The van der Waals surface area contributed by atoms with E-state index in [4.69, 9.17) is 0 Å². The molecule has 2 amide bonds. The SMILES string of the molecule is Cc1ccc(C(=O)NC(C)C(=O)N2CCCCC2)cc1Br. The third kappa shape index (κ3) is 4.06. The number of nitrogens with zero attached hydrogens (tertiary/aromatic N) is 1. The molecule has 0 radical (unpaired) electrons. The molecule has 5 heteroatoms. The van der Waals surface area contributed by atoms with Crippen molar-refractivity contribution in [2.45, 2.75) is 39.2 Å². The summed E-state index contributed by atoms with van der Waals surface area (Å²) < 4.78 is 0.894. The summed E-state index contributed by atoms with van der Waals surface area (Å²) in [6, 6.07) is 4.95. The summed E-state index contributed by atoms with van der Waals surface area (Å²) in [5.41, 5.74) is 1.63. The number of benzene rings is 1. The smallest absolute Gasteiger partial charge is 0.251 e. The first-order valence-corrected chi connectivity index (χ1v) is 8.14. The number of nitrogens with one attached hydrogen (secondary N) is 1. The lowest BCUT2D eigenvalue weighted by molar-refractivity contribution is -0.133. The van der Waals surface area contributed by atoms with E-state index in [9.17, 15) is 9.59 Å². The highest BCUT2D eigenvalue weighted by Gasteiger charge is 2.23. The summed E-state index contributed by atoms with van der Waals surface area (Å²) in [7, 11) is 0. The van der Waals surface area contributed by atoms with Gasteiger partial charge in [-0.2, -0.15) is 0 Å². The third-order valence-corrected chi connectivity index (χ3v) is 4.67. The predicted octanol–water partition coefficient (Wildman–Crippen LogP) is 2.89. The fourth-order valence-corrected chi connectivity index (χ4v) is 2.84. The Hall–Kier alpha value is -1.36. The molecule has 0 saturated carbocycles. The lowest BCUT2D eigenvalue weighted by Crippen LogP contribution is -2.48. The van der Waals surface area contributed by atoms with E-state index in [0.29, 0.717) is 5.56 Å². The second kappa shape index (κ2) is 7.07. The molecule has 1 fully saturated rings. The number of hydrogen-bond donors (Lipinski definition) is 1. The Bertz CT molecular complexity index is 539. The number of piperidine rings is 1. The van der Waals surface area contributed by atoms with Gasteiger partial charge in [0.25, 0.3) is 5.91 Å². The zero-order valence-corrected chi connectivity index (χ0v) is 14.1. The number of aryl methyl sites for hydroxylation is 1. The van der Waals surface area contributed by atoms with Crippen LogP contribution in [0.3, 0.4) is 0 Å². The van der Waals surface area contributed by atoms with Crippen molar-refractivity contribution in [3.8, 4) is 0 Å². The zero-order chi connectivity index (χ0) is 15.4. The van der Waals surface area contributed by atoms with Gasteiger partial charge in [-0.15, -0.1) is 0 Å². The maximum atomic E-state index is 12.3. The van der Waals surface area contributed by atoms with Crippen molar-refractivity contribution in [2.24, 2.45) is 0 Å². The van der Waals surface area contributed by atoms with E-state index in [1.54, 1.807) is 19.1 Å². The second-order valence-electron chi connectivity index (χ2n) is 5.55. The highest BCUT2D eigenvalue weighted by atomic mass is 79.9. The average molecular weight is 353 g/mol. The lowest BCUT2D eigenvalue weighted by Gasteiger charge is -2.29. The largest absolute Gasteiger partial charge is 0.341 e. The van der Waals surface area contributed by atoms with E-state index in [1.807, 2.05) is 17.9 Å². The summed E-state index contributed by atoms with van der Waals surface area (Å²) >= 11 is 3.42. The first-order valence-electron chi connectivity index (χ1n) is 7.35. The highest BCUT2D eigenvalue weighted by molar-refractivity contribution is 9.10. The summed E-state index contributed by atoms with van der Waals surface area (Å²) in [6.45, 7) is 5.32. The number of halogens is 1. The fourth-order valence-electron chi connectivity index (χ4n) is 2.46. The number of carbonyl (C=O) groups excluding carboxylic acids is 2. The van der Waals surface area contributed by atoms with Crippen molar-refractivity contribution in [2.75, 3.05) is 13.1 Å². The summed E-state index contributed by atoms with van der Waals surface area (Å²) in [5, 5.41) is 2.79. The molecule has 114 valence electrons. The number of hydrogen-bond acceptors (Lipinski definition) is 2. The molecule has 21 heavy (non-hydrogen) atoms. The molecule has 1 heterocycles. The highest BCUT2D eigenvalue weighted by Crippen LogP contribution is 2.17. The van der Waals surface area contributed by atoms with Gasteiger partial charge in [-0.05, 0) is 50.8 Å². The Kier molecular flexibility index (Phi) is 5.39. The third-order valence-electron chi connectivity index (χ3n) is 3.82. The van der Waals surface area contributed by atoms with Crippen LogP contribution in [-0.4, -0.2) is 35.8 Å². The van der Waals surface area contributed by atoms with Gasteiger partial charge in [0, 0.05) is 23.1 Å². The van der Waals surface area contributed by atoms with E-state index >= 15 is 0 Å². The Morgan fingerprint density at radius 3 is 2.52 bits per heavy atom. The standard InChI is InChI=1S/C16H21BrN2O2/c1-11-6-7-13(10-14(11)17)15(20)18-12(2)16(21)19-8-4-3-5-9-19/h6-7,10,12H,3-5,8-9H2,1-2H3,(H,18,20). The number of likely N-dealkylation sites (tertiary alicyclic amines) is 1. The molecule has 4 nitrogen and oxygen atoms in total. The van der Waals surface area contributed by atoms with Gasteiger partial charge in [0.05, 0.1) is 0 Å². The molecule has 1 aliphatic heterocycles. The van der Waals surface area contributed by atoms with Gasteiger partial charge in [0.2, 0.25) is 5.91 Å². The van der Waals surface area contributed by atoms with E-state index in [2.05, 4.69) is 21.2 Å². The van der Waals surface area contributed by atoms with E-state index < -0.39 is 6.04 Å². The molecule has 1 atom stereocenters. The van der Waals surface area contributed by atoms with Crippen molar-refractivity contribution in [1.82, 2.24) is 10.2 Å². The molecule has 0 aliphatic carbocycles. The van der Waals surface area contributed by atoms with Crippen molar-refractivity contribution < 1.29 is 9.59 Å². The van der Waals surface area contributed by atoms with Crippen LogP contribution in [0.2, 0.25) is 0 Å². The van der Waals surface area contributed by atoms with E-state index in [-0.39, 0.29) is 11.8 Å². The van der Waals surface area contributed by atoms with Gasteiger partial charge < -0.3 is 10.2 Å². The summed E-state index contributed by atoms with van der Waals surface area (Å²) in [6.07, 6.45) is 3.29. The van der Waals surface area contributed by atoms with Gasteiger partial charge >= 0.3 is 0 Å². The monoisotopic (exact) mass is 352 g/mol. The molecule has 1 aromatic carbocycles. The van der Waals surface area contributed by atoms with Crippen LogP contribution in [0.5, 0.6) is 0 Å². The van der Waals surface area contributed by atoms with Crippen molar-refractivity contribution >= 4 is 27.7 Å². The molecular formula is C16H21BrN2O2. The Balaban J connectivity index is 1.97. The second-order valence-corrected chi connectivity index (χ2v) is 6.40. The zero-order valence-electron chi connectivity index (χ0n) is 12.5. The van der Waals surface area contributed by atoms with Crippen LogP contribution in [0.4, 0.5) is 0 Å². The molecular weight excluding hydrogens is 332 g/mol. The minimum absolute atomic E-state index is 0.00854. The van der Waals surface area contributed by atoms with Crippen LogP contribution in [-0.2, 0) is 4.79 Å². The van der Waals surface area contributed by atoms with Gasteiger partial charge in [0.1, 0.15) is 6.04 Å². The molecule has 0 spiro atoms. The van der Waals surface area contributed by atoms with Crippen LogP contribution in [0, 0.1) is 6.92 Å². The van der Waals surface area contributed by atoms with E-state index in [1.165, 1.54) is 6.42 Å². The number of amides is 2. The van der Waals surface area contributed by atoms with Crippen LogP contribution in [0.15, 0.2) is 22.7 Å². The molecule has 1 aromatic rings. The predicted molar refractivity (Wildman–Crippen MR) is 86.2 cm³/mol. The number of carbonyl (C=O) groups is 2. The molecule has 2 rings (SSSR count). The summed E-state index contributed by atoms with van der Waals surface area (Å²) in [5.74, 6) is -0.206. The van der Waals surface area contributed by atoms with Crippen molar-refractivity contribution in [1.29, 1.82) is 0 Å². The first kappa shape index (κ1) is 16.0.